The van der Waals surface area contributed by atoms with Crippen LogP contribution in [-0.4, -0.2) is 9.97 Å². The summed E-state index contributed by atoms with van der Waals surface area (Å²) in [4.78, 5) is 20.5. The molecule has 0 atom stereocenters. The molecule has 0 radical (unpaired) electrons. The fourth-order valence-corrected chi connectivity index (χ4v) is 2.30. The number of hydrogen-bond donors (Lipinski definition) is 2. The van der Waals surface area contributed by atoms with E-state index in [1.165, 1.54) is 17.2 Å². The van der Waals surface area contributed by atoms with E-state index in [4.69, 9.17) is 5.73 Å². The largest absolute Gasteiger partial charge is 0.399 e. The molecule has 0 saturated heterocycles. The molecule has 2 aromatic rings. The molecule has 5 nitrogen and oxygen atoms in total. The third kappa shape index (κ3) is 1.84. The van der Waals surface area contributed by atoms with Crippen molar-refractivity contribution in [3.8, 4) is 0 Å². The number of nitrogens with two attached hydrogens (primary N) is 1. The Balaban J connectivity index is 1.96. The Labute approximate surface area is 104 Å². The van der Waals surface area contributed by atoms with Gasteiger partial charge in [0.2, 0.25) is 0 Å². The summed E-state index contributed by atoms with van der Waals surface area (Å²) in [6, 6.07) is 7.45. The molecule has 5 heteroatoms. The first kappa shape index (κ1) is 10.8. The number of fused-ring (bicyclic) bond motifs is 1. The van der Waals surface area contributed by atoms with Gasteiger partial charge in [0.1, 0.15) is 11.6 Å². The molecule has 1 aliphatic rings. The van der Waals surface area contributed by atoms with Crippen molar-refractivity contribution in [2.75, 3.05) is 10.6 Å². The van der Waals surface area contributed by atoms with Crippen LogP contribution in [0.25, 0.3) is 0 Å². The van der Waals surface area contributed by atoms with Crippen LogP contribution in [0.5, 0.6) is 0 Å². The first-order chi connectivity index (χ1) is 8.61. The van der Waals surface area contributed by atoms with Crippen LogP contribution >= 0.6 is 0 Å². The molecule has 0 aliphatic carbocycles. The van der Waals surface area contributed by atoms with Crippen LogP contribution in [0.15, 0.2) is 29.1 Å². The Morgan fingerprint density at radius 1 is 1.28 bits per heavy atom. The van der Waals surface area contributed by atoms with Gasteiger partial charge in [0.25, 0.3) is 5.56 Å². The van der Waals surface area contributed by atoms with Gasteiger partial charge in [-0.3, -0.25) is 4.79 Å². The van der Waals surface area contributed by atoms with E-state index < -0.39 is 0 Å². The summed E-state index contributed by atoms with van der Waals surface area (Å²) < 4.78 is 0. The van der Waals surface area contributed by atoms with Crippen molar-refractivity contribution in [1.29, 1.82) is 0 Å². The molecule has 0 fully saturated rings. The van der Waals surface area contributed by atoms with E-state index in [0.717, 1.165) is 18.8 Å². The Morgan fingerprint density at radius 3 is 2.83 bits per heavy atom. The standard InChI is InChI=1S/C13H14N4O/c1-8-15-12(5-13(18)16-8)17-6-9-2-3-11(14)4-10(9)7-17/h2-5H,6-7,14H2,1H3,(H,15,16,18). The van der Waals surface area contributed by atoms with Gasteiger partial charge in [-0.15, -0.1) is 0 Å². The minimum atomic E-state index is -0.118. The van der Waals surface area contributed by atoms with Gasteiger partial charge in [0, 0.05) is 24.8 Å². The summed E-state index contributed by atoms with van der Waals surface area (Å²) in [7, 11) is 0. The lowest BCUT2D eigenvalue weighted by Gasteiger charge is -2.16. The van der Waals surface area contributed by atoms with Gasteiger partial charge in [-0.2, -0.15) is 0 Å². The third-order valence-corrected chi connectivity index (χ3v) is 3.12. The Hall–Kier alpha value is -2.30. The topological polar surface area (TPSA) is 75.0 Å². The smallest absolute Gasteiger partial charge is 0.252 e. The number of H-pyrrole nitrogens is 1. The lowest BCUT2D eigenvalue weighted by Crippen LogP contribution is -2.20. The van der Waals surface area contributed by atoms with Crippen LogP contribution < -0.4 is 16.2 Å². The molecule has 0 amide bonds. The highest BCUT2D eigenvalue weighted by Gasteiger charge is 2.20. The van der Waals surface area contributed by atoms with Gasteiger partial charge >= 0.3 is 0 Å². The molecule has 18 heavy (non-hydrogen) atoms. The Bertz CT molecular complexity index is 662. The molecule has 92 valence electrons. The molecule has 1 aromatic heterocycles. The minimum absolute atomic E-state index is 0.118. The highest BCUT2D eigenvalue weighted by atomic mass is 16.1. The average Bonchev–Trinajstić information content (AvgIpc) is 2.70. The monoisotopic (exact) mass is 242 g/mol. The Morgan fingerprint density at radius 2 is 2.06 bits per heavy atom. The van der Waals surface area contributed by atoms with E-state index >= 15 is 0 Å². The second-order valence-electron chi connectivity index (χ2n) is 4.57. The number of aryl methyl sites for hydroxylation is 1. The second kappa shape index (κ2) is 3.87. The summed E-state index contributed by atoms with van der Waals surface area (Å²) in [6.45, 7) is 3.30. The number of benzene rings is 1. The van der Waals surface area contributed by atoms with E-state index in [0.29, 0.717) is 11.6 Å². The third-order valence-electron chi connectivity index (χ3n) is 3.12. The summed E-state index contributed by atoms with van der Waals surface area (Å²) in [5.74, 6) is 1.35. The van der Waals surface area contributed by atoms with Crippen molar-refractivity contribution in [3.05, 3.63) is 51.6 Å². The van der Waals surface area contributed by atoms with Gasteiger partial charge in [0.15, 0.2) is 0 Å². The summed E-state index contributed by atoms with van der Waals surface area (Å²) >= 11 is 0. The summed E-state index contributed by atoms with van der Waals surface area (Å²) in [5.41, 5.74) is 8.87. The van der Waals surface area contributed by atoms with Crippen molar-refractivity contribution < 1.29 is 0 Å². The van der Waals surface area contributed by atoms with Crippen LogP contribution in [0.1, 0.15) is 17.0 Å². The minimum Gasteiger partial charge on any atom is -0.399 e. The summed E-state index contributed by atoms with van der Waals surface area (Å²) in [5, 5.41) is 0. The van der Waals surface area contributed by atoms with Crippen LogP contribution in [0, 0.1) is 6.92 Å². The highest BCUT2D eigenvalue weighted by molar-refractivity contribution is 5.52. The molecule has 2 heterocycles. The van der Waals surface area contributed by atoms with Crippen molar-refractivity contribution >= 4 is 11.5 Å². The zero-order valence-corrected chi connectivity index (χ0v) is 10.1. The van der Waals surface area contributed by atoms with E-state index in [2.05, 4.69) is 14.9 Å². The molecule has 3 rings (SSSR count). The van der Waals surface area contributed by atoms with E-state index in [1.54, 1.807) is 6.92 Å². The van der Waals surface area contributed by atoms with Crippen LogP contribution in [0.3, 0.4) is 0 Å². The Kier molecular flexibility index (Phi) is 2.33. The van der Waals surface area contributed by atoms with Gasteiger partial charge in [-0.25, -0.2) is 4.98 Å². The molecule has 0 saturated carbocycles. The molecular formula is C13H14N4O. The molecule has 3 N–H and O–H groups in total. The normalized spacial score (nSPS) is 13.7. The number of hydrogen-bond acceptors (Lipinski definition) is 4. The first-order valence-corrected chi connectivity index (χ1v) is 5.82. The highest BCUT2D eigenvalue weighted by Crippen LogP contribution is 2.27. The fraction of sp³-hybridized carbons (Fsp3) is 0.231. The molecule has 0 bridgehead atoms. The van der Waals surface area contributed by atoms with Crippen LogP contribution in [0.2, 0.25) is 0 Å². The van der Waals surface area contributed by atoms with E-state index in [9.17, 15) is 4.79 Å². The predicted octanol–water partition coefficient (Wildman–Crippen LogP) is 1.18. The van der Waals surface area contributed by atoms with Gasteiger partial charge in [0.05, 0.1) is 0 Å². The number of nitrogens with one attached hydrogen (secondary N) is 1. The van der Waals surface area contributed by atoms with Crippen molar-refractivity contribution in [3.63, 3.8) is 0 Å². The number of aromatic nitrogens is 2. The number of nitrogen functional groups attached to an aromatic ring is 1. The maximum absolute atomic E-state index is 11.5. The predicted molar refractivity (Wildman–Crippen MR) is 70.3 cm³/mol. The molecule has 1 aromatic carbocycles. The number of aromatic amines is 1. The lowest BCUT2D eigenvalue weighted by atomic mass is 10.1. The molecule has 0 spiro atoms. The van der Waals surface area contributed by atoms with Crippen molar-refractivity contribution in [2.45, 2.75) is 20.0 Å². The first-order valence-electron chi connectivity index (χ1n) is 5.82. The van der Waals surface area contributed by atoms with Crippen LogP contribution in [-0.2, 0) is 13.1 Å². The second-order valence-corrected chi connectivity index (χ2v) is 4.57. The van der Waals surface area contributed by atoms with E-state index in [1.807, 2.05) is 18.2 Å². The maximum atomic E-state index is 11.5. The maximum Gasteiger partial charge on any atom is 0.252 e. The SMILES string of the molecule is Cc1nc(N2Cc3ccc(N)cc3C2)cc(=O)[nH]1. The molecular weight excluding hydrogens is 228 g/mol. The van der Waals surface area contributed by atoms with Gasteiger partial charge in [-0.05, 0) is 30.2 Å². The summed E-state index contributed by atoms with van der Waals surface area (Å²) in [6.07, 6.45) is 0. The quantitative estimate of drug-likeness (QED) is 0.736. The lowest BCUT2D eigenvalue weighted by molar-refractivity contribution is 0.837. The van der Waals surface area contributed by atoms with Gasteiger partial charge in [-0.1, -0.05) is 6.07 Å². The molecule has 1 aliphatic heterocycles. The van der Waals surface area contributed by atoms with Crippen LogP contribution in [0.4, 0.5) is 11.5 Å². The van der Waals surface area contributed by atoms with Crippen molar-refractivity contribution in [1.82, 2.24) is 9.97 Å². The zero-order chi connectivity index (χ0) is 12.7. The number of nitrogens with zero attached hydrogens (tertiary/aromatic N) is 2. The van der Waals surface area contributed by atoms with Crippen molar-refractivity contribution in [2.24, 2.45) is 0 Å². The average molecular weight is 242 g/mol. The van der Waals surface area contributed by atoms with E-state index in [-0.39, 0.29) is 5.56 Å². The zero-order valence-electron chi connectivity index (χ0n) is 10.1. The van der Waals surface area contributed by atoms with Gasteiger partial charge < -0.3 is 15.6 Å². The fourth-order valence-electron chi connectivity index (χ4n) is 2.30. The number of rotatable bonds is 1. The molecule has 0 unspecified atom stereocenters. The number of anilines is 2.